The van der Waals surface area contributed by atoms with Gasteiger partial charge in [-0.3, -0.25) is 4.79 Å². The molecule has 0 spiro atoms. The molecule has 0 heterocycles. The number of aryl methyl sites for hydroxylation is 1. The van der Waals surface area contributed by atoms with Crippen molar-refractivity contribution in [2.45, 2.75) is 24.3 Å². The molecule has 3 rings (SSSR count). The third-order valence-corrected chi connectivity index (χ3v) is 5.53. The number of carbonyl (C=O) groups is 1. The zero-order chi connectivity index (χ0) is 19.1. The van der Waals surface area contributed by atoms with Crippen LogP contribution >= 0.6 is 23.4 Å². The average molecular weight is 396 g/mol. The van der Waals surface area contributed by atoms with E-state index in [1.54, 1.807) is 11.8 Å². The summed E-state index contributed by atoms with van der Waals surface area (Å²) >= 11 is 7.56. The van der Waals surface area contributed by atoms with Crippen LogP contribution in [0.3, 0.4) is 0 Å². The summed E-state index contributed by atoms with van der Waals surface area (Å²) < 4.78 is 0. The first-order valence-electron chi connectivity index (χ1n) is 8.91. The second-order valence-electron chi connectivity index (χ2n) is 6.37. The summed E-state index contributed by atoms with van der Waals surface area (Å²) in [6, 6.07) is 25.9. The van der Waals surface area contributed by atoms with E-state index in [0.717, 1.165) is 26.8 Å². The largest absolute Gasteiger partial charge is 0.345 e. The van der Waals surface area contributed by atoms with Gasteiger partial charge in [0.2, 0.25) is 5.91 Å². The lowest BCUT2D eigenvalue weighted by atomic mass is 9.97. The van der Waals surface area contributed by atoms with Gasteiger partial charge in [0.25, 0.3) is 0 Å². The van der Waals surface area contributed by atoms with Crippen LogP contribution in [-0.2, 0) is 4.79 Å². The first kappa shape index (κ1) is 19.5. The van der Waals surface area contributed by atoms with Gasteiger partial charge < -0.3 is 5.32 Å². The molecule has 0 aromatic heterocycles. The molecule has 0 unspecified atom stereocenters. The van der Waals surface area contributed by atoms with E-state index in [2.05, 4.69) is 36.5 Å². The SMILES string of the molecule is Cc1ccc([C@@H](NC(=O)CCSc2ccc(Cl)cc2)c2ccccc2)cc1. The molecule has 4 heteroatoms. The monoisotopic (exact) mass is 395 g/mol. The van der Waals surface area contributed by atoms with E-state index in [4.69, 9.17) is 11.6 Å². The van der Waals surface area contributed by atoms with Crippen molar-refractivity contribution in [2.75, 3.05) is 5.75 Å². The van der Waals surface area contributed by atoms with Crippen LogP contribution in [0.25, 0.3) is 0 Å². The third-order valence-electron chi connectivity index (χ3n) is 4.26. The number of hydrogen-bond donors (Lipinski definition) is 1. The number of thioether (sulfide) groups is 1. The fraction of sp³-hybridized carbons (Fsp3) is 0.174. The summed E-state index contributed by atoms with van der Waals surface area (Å²) in [4.78, 5) is 13.7. The molecular formula is C23H22ClNOS. The van der Waals surface area contributed by atoms with Crippen molar-refractivity contribution in [3.63, 3.8) is 0 Å². The number of amides is 1. The van der Waals surface area contributed by atoms with Crippen LogP contribution in [0.15, 0.2) is 83.8 Å². The normalized spacial score (nSPS) is 11.8. The average Bonchev–Trinajstić information content (AvgIpc) is 2.69. The maximum absolute atomic E-state index is 12.6. The fourth-order valence-electron chi connectivity index (χ4n) is 2.79. The van der Waals surface area contributed by atoms with E-state index in [0.29, 0.717) is 6.42 Å². The predicted octanol–water partition coefficient (Wildman–Crippen LogP) is 6.04. The van der Waals surface area contributed by atoms with Crippen LogP contribution in [-0.4, -0.2) is 11.7 Å². The Hall–Kier alpha value is -2.23. The topological polar surface area (TPSA) is 29.1 Å². The molecule has 0 aliphatic carbocycles. The zero-order valence-electron chi connectivity index (χ0n) is 15.2. The molecule has 1 atom stereocenters. The van der Waals surface area contributed by atoms with Crippen LogP contribution in [0.4, 0.5) is 0 Å². The molecule has 2 nitrogen and oxygen atoms in total. The van der Waals surface area contributed by atoms with Crippen molar-refractivity contribution in [3.8, 4) is 0 Å². The van der Waals surface area contributed by atoms with Crippen LogP contribution in [0.2, 0.25) is 5.02 Å². The Morgan fingerprint density at radius 2 is 1.56 bits per heavy atom. The van der Waals surface area contributed by atoms with Crippen molar-refractivity contribution in [1.82, 2.24) is 5.32 Å². The lowest BCUT2D eigenvalue weighted by Crippen LogP contribution is -2.29. The van der Waals surface area contributed by atoms with Gasteiger partial charge in [0.05, 0.1) is 6.04 Å². The first-order valence-corrected chi connectivity index (χ1v) is 10.3. The highest BCUT2D eigenvalue weighted by Crippen LogP contribution is 2.24. The Morgan fingerprint density at radius 3 is 2.22 bits per heavy atom. The molecule has 0 fully saturated rings. The Labute approximate surface area is 170 Å². The standard InChI is InChI=1S/C23H22ClNOS/c1-17-7-9-19(10-8-17)23(18-5-3-2-4-6-18)25-22(26)15-16-27-21-13-11-20(24)12-14-21/h2-14,23H,15-16H2,1H3,(H,25,26)/t23-/m0/s1. The summed E-state index contributed by atoms with van der Waals surface area (Å²) in [5.41, 5.74) is 3.38. The fourth-order valence-corrected chi connectivity index (χ4v) is 3.77. The summed E-state index contributed by atoms with van der Waals surface area (Å²) in [7, 11) is 0. The van der Waals surface area contributed by atoms with Crippen LogP contribution in [0, 0.1) is 6.92 Å². The molecule has 0 saturated heterocycles. The van der Waals surface area contributed by atoms with Gasteiger partial charge >= 0.3 is 0 Å². The van der Waals surface area contributed by atoms with Crippen LogP contribution in [0.1, 0.15) is 29.2 Å². The maximum atomic E-state index is 12.6. The number of halogens is 1. The van der Waals surface area contributed by atoms with Gasteiger partial charge in [0, 0.05) is 22.1 Å². The molecule has 138 valence electrons. The van der Waals surface area contributed by atoms with E-state index in [1.807, 2.05) is 54.6 Å². The number of nitrogens with one attached hydrogen (secondary N) is 1. The molecule has 0 aliphatic heterocycles. The predicted molar refractivity (Wildman–Crippen MR) is 114 cm³/mol. The Balaban J connectivity index is 1.63. The van der Waals surface area contributed by atoms with Gasteiger partial charge in [-0.25, -0.2) is 0 Å². The highest BCUT2D eigenvalue weighted by molar-refractivity contribution is 7.99. The molecular weight excluding hydrogens is 374 g/mol. The molecule has 0 radical (unpaired) electrons. The summed E-state index contributed by atoms with van der Waals surface area (Å²) in [6.07, 6.45) is 0.461. The highest BCUT2D eigenvalue weighted by atomic mass is 35.5. The minimum absolute atomic E-state index is 0.0471. The van der Waals surface area contributed by atoms with Gasteiger partial charge in [-0.1, -0.05) is 71.8 Å². The van der Waals surface area contributed by atoms with E-state index in [-0.39, 0.29) is 11.9 Å². The molecule has 0 aliphatic rings. The van der Waals surface area contributed by atoms with Crippen molar-refractivity contribution in [3.05, 3.63) is 101 Å². The molecule has 1 N–H and O–H groups in total. The van der Waals surface area contributed by atoms with Crippen LogP contribution in [0.5, 0.6) is 0 Å². The van der Waals surface area contributed by atoms with Crippen molar-refractivity contribution in [1.29, 1.82) is 0 Å². The third kappa shape index (κ3) is 5.88. The minimum Gasteiger partial charge on any atom is -0.345 e. The smallest absolute Gasteiger partial charge is 0.221 e. The Morgan fingerprint density at radius 1 is 0.926 bits per heavy atom. The quantitative estimate of drug-likeness (QED) is 0.494. The zero-order valence-corrected chi connectivity index (χ0v) is 16.8. The molecule has 3 aromatic rings. The second-order valence-corrected chi connectivity index (χ2v) is 7.98. The molecule has 27 heavy (non-hydrogen) atoms. The van der Waals surface area contributed by atoms with Gasteiger partial charge in [0.15, 0.2) is 0 Å². The van der Waals surface area contributed by atoms with Crippen molar-refractivity contribution in [2.24, 2.45) is 0 Å². The lowest BCUT2D eigenvalue weighted by Gasteiger charge is -2.20. The van der Waals surface area contributed by atoms with Gasteiger partial charge in [-0.15, -0.1) is 11.8 Å². The van der Waals surface area contributed by atoms with Gasteiger partial charge in [0.1, 0.15) is 0 Å². The molecule has 3 aromatic carbocycles. The van der Waals surface area contributed by atoms with Gasteiger partial charge in [-0.2, -0.15) is 0 Å². The van der Waals surface area contributed by atoms with Gasteiger partial charge in [-0.05, 0) is 42.3 Å². The van der Waals surface area contributed by atoms with E-state index >= 15 is 0 Å². The summed E-state index contributed by atoms with van der Waals surface area (Å²) in [6.45, 7) is 2.06. The molecule has 1 amide bonds. The van der Waals surface area contributed by atoms with E-state index in [9.17, 15) is 4.79 Å². The molecule has 0 bridgehead atoms. The second kappa shape index (κ2) is 9.63. The lowest BCUT2D eigenvalue weighted by molar-refractivity contribution is -0.121. The summed E-state index contributed by atoms with van der Waals surface area (Å²) in [5.74, 6) is 0.772. The van der Waals surface area contributed by atoms with E-state index < -0.39 is 0 Å². The highest BCUT2D eigenvalue weighted by Gasteiger charge is 2.16. The number of carbonyl (C=O) groups excluding carboxylic acids is 1. The van der Waals surface area contributed by atoms with E-state index in [1.165, 1.54) is 5.56 Å². The Kier molecular flexibility index (Phi) is 6.97. The Bertz CT molecular complexity index is 863. The van der Waals surface area contributed by atoms with Crippen molar-refractivity contribution >= 4 is 29.3 Å². The molecule has 0 saturated carbocycles. The first-order chi connectivity index (χ1) is 13.1. The number of rotatable bonds is 7. The summed E-state index contributed by atoms with van der Waals surface area (Å²) in [5, 5.41) is 3.91. The van der Waals surface area contributed by atoms with Crippen molar-refractivity contribution < 1.29 is 4.79 Å². The minimum atomic E-state index is -0.139. The maximum Gasteiger partial charge on any atom is 0.221 e. The number of benzene rings is 3. The van der Waals surface area contributed by atoms with Crippen LogP contribution < -0.4 is 5.32 Å². The number of hydrogen-bond acceptors (Lipinski definition) is 2.